The molecule has 0 aromatic heterocycles. The fraction of sp³-hybridized carbons (Fsp3) is 0.444. The molecule has 2 N–H and O–H groups in total. The van der Waals surface area contributed by atoms with Crippen molar-refractivity contribution in [1.29, 1.82) is 0 Å². The van der Waals surface area contributed by atoms with Crippen molar-refractivity contribution < 1.29 is 4.74 Å². The van der Waals surface area contributed by atoms with Gasteiger partial charge in [0.2, 0.25) is 0 Å². The molecule has 0 heterocycles. The number of aryl methyl sites for hydroxylation is 1. The highest BCUT2D eigenvalue weighted by molar-refractivity contribution is 5.67. The van der Waals surface area contributed by atoms with Crippen molar-refractivity contribution in [2.45, 2.75) is 39.5 Å². The SMILES string of the molecule is C=CC/C=C(\C)c1ccc(OCCCCN)cc1CC. The Morgan fingerprint density at radius 2 is 2.15 bits per heavy atom. The van der Waals surface area contributed by atoms with Gasteiger partial charge in [-0.05, 0) is 68.0 Å². The molecule has 0 unspecified atom stereocenters. The Labute approximate surface area is 123 Å². The van der Waals surface area contributed by atoms with Crippen molar-refractivity contribution >= 4 is 5.57 Å². The van der Waals surface area contributed by atoms with Crippen LogP contribution < -0.4 is 10.5 Å². The first kappa shape index (κ1) is 16.5. The molecule has 2 heteroatoms. The van der Waals surface area contributed by atoms with Gasteiger partial charge in [-0.3, -0.25) is 0 Å². The fourth-order valence-electron chi connectivity index (χ4n) is 2.14. The van der Waals surface area contributed by atoms with Crippen molar-refractivity contribution in [3.8, 4) is 5.75 Å². The van der Waals surface area contributed by atoms with Gasteiger partial charge in [0.15, 0.2) is 0 Å². The Balaban J connectivity index is 2.77. The first-order chi connectivity index (χ1) is 9.72. The molecular weight excluding hydrogens is 246 g/mol. The van der Waals surface area contributed by atoms with Gasteiger partial charge >= 0.3 is 0 Å². The summed E-state index contributed by atoms with van der Waals surface area (Å²) in [7, 11) is 0. The van der Waals surface area contributed by atoms with Gasteiger partial charge in [0, 0.05) is 0 Å². The third-order valence-electron chi connectivity index (χ3n) is 3.34. The Morgan fingerprint density at radius 1 is 1.35 bits per heavy atom. The van der Waals surface area contributed by atoms with Crippen molar-refractivity contribution in [3.63, 3.8) is 0 Å². The summed E-state index contributed by atoms with van der Waals surface area (Å²) in [5, 5.41) is 0. The molecule has 0 saturated carbocycles. The maximum atomic E-state index is 5.78. The Hall–Kier alpha value is -1.54. The second kappa shape index (κ2) is 9.38. The molecule has 0 aliphatic rings. The van der Waals surface area contributed by atoms with Gasteiger partial charge in [-0.1, -0.05) is 25.1 Å². The van der Waals surface area contributed by atoms with Gasteiger partial charge in [0.1, 0.15) is 5.75 Å². The number of allylic oxidation sites excluding steroid dienone is 3. The minimum absolute atomic E-state index is 0.732. The standard InChI is InChI=1S/C18H27NO/c1-4-6-9-15(3)18-11-10-17(14-16(18)5-2)20-13-8-7-12-19/h4,9-11,14H,1,5-8,12-13,19H2,2-3H3/b15-9+. The summed E-state index contributed by atoms with van der Waals surface area (Å²) in [6, 6.07) is 6.37. The molecule has 0 bridgehead atoms. The average molecular weight is 273 g/mol. The molecule has 0 amide bonds. The maximum Gasteiger partial charge on any atom is 0.119 e. The van der Waals surface area contributed by atoms with Crippen LogP contribution in [0.2, 0.25) is 0 Å². The minimum atomic E-state index is 0.732. The topological polar surface area (TPSA) is 35.2 Å². The summed E-state index contributed by atoms with van der Waals surface area (Å²) >= 11 is 0. The van der Waals surface area contributed by atoms with Crippen LogP contribution in [0.5, 0.6) is 5.75 Å². The highest BCUT2D eigenvalue weighted by Gasteiger charge is 2.05. The lowest BCUT2D eigenvalue weighted by Crippen LogP contribution is -2.03. The first-order valence-corrected chi connectivity index (χ1v) is 7.46. The van der Waals surface area contributed by atoms with Gasteiger partial charge in [0.25, 0.3) is 0 Å². The van der Waals surface area contributed by atoms with Crippen molar-refractivity contribution in [2.24, 2.45) is 5.73 Å². The number of ether oxygens (including phenoxy) is 1. The van der Waals surface area contributed by atoms with Crippen LogP contribution in [0.1, 0.15) is 44.2 Å². The van der Waals surface area contributed by atoms with E-state index in [4.69, 9.17) is 10.5 Å². The van der Waals surface area contributed by atoms with Crippen molar-refractivity contribution in [1.82, 2.24) is 0 Å². The van der Waals surface area contributed by atoms with Crippen LogP contribution in [-0.2, 0) is 6.42 Å². The van der Waals surface area contributed by atoms with E-state index in [0.29, 0.717) is 0 Å². The lowest BCUT2D eigenvalue weighted by Gasteiger charge is -2.12. The van der Waals surface area contributed by atoms with Crippen LogP contribution in [0.25, 0.3) is 5.57 Å². The van der Waals surface area contributed by atoms with E-state index in [-0.39, 0.29) is 0 Å². The average Bonchev–Trinajstić information content (AvgIpc) is 2.49. The van der Waals surface area contributed by atoms with Crippen LogP contribution in [0.4, 0.5) is 0 Å². The molecular formula is C18H27NO. The second-order valence-electron chi connectivity index (χ2n) is 4.93. The van der Waals surface area contributed by atoms with Crippen LogP contribution in [-0.4, -0.2) is 13.2 Å². The number of hydrogen-bond donors (Lipinski definition) is 1. The highest BCUT2D eigenvalue weighted by Crippen LogP contribution is 2.25. The predicted molar refractivity (Wildman–Crippen MR) is 88.1 cm³/mol. The molecule has 0 radical (unpaired) electrons. The van der Waals surface area contributed by atoms with Gasteiger partial charge < -0.3 is 10.5 Å². The molecule has 110 valence electrons. The number of unbranched alkanes of at least 4 members (excludes halogenated alkanes) is 1. The minimum Gasteiger partial charge on any atom is -0.494 e. The zero-order valence-corrected chi connectivity index (χ0v) is 12.8. The van der Waals surface area contributed by atoms with E-state index >= 15 is 0 Å². The molecule has 0 aliphatic heterocycles. The van der Waals surface area contributed by atoms with Gasteiger partial charge in [-0.25, -0.2) is 0 Å². The Kier molecular flexibility index (Phi) is 7.74. The van der Waals surface area contributed by atoms with Crippen LogP contribution in [0, 0.1) is 0 Å². The summed E-state index contributed by atoms with van der Waals surface area (Å²) in [5.41, 5.74) is 9.42. The van der Waals surface area contributed by atoms with E-state index in [0.717, 1.165) is 44.6 Å². The summed E-state index contributed by atoms with van der Waals surface area (Å²) in [4.78, 5) is 0. The molecule has 1 rings (SSSR count). The number of hydrogen-bond acceptors (Lipinski definition) is 2. The smallest absolute Gasteiger partial charge is 0.119 e. The molecule has 1 aromatic rings. The van der Waals surface area contributed by atoms with Crippen LogP contribution in [0.15, 0.2) is 36.9 Å². The number of rotatable bonds is 9. The fourth-order valence-corrected chi connectivity index (χ4v) is 2.14. The molecule has 20 heavy (non-hydrogen) atoms. The van der Waals surface area contributed by atoms with E-state index < -0.39 is 0 Å². The predicted octanol–water partition coefficient (Wildman–Crippen LogP) is 4.35. The Morgan fingerprint density at radius 3 is 2.80 bits per heavy atom. The highest BCUT2D eigenvalue weighted by atomic mass is 16.5. The van der Waals surface area contributed by atoms with Crippen molar-refractivity contribution in [3.05, 3.63) is 48.1 Å². The third-order valence-corrected chi connectivity index (χ3v) is 3.34. The van der Waals surface area contributed by atoms with Crippen molar-refractivity contribution in [2.75, 3.05) is 13.2 Å². The number of benzene rings is 1. The first-order valence-electron chi connectivity index (χ1n) is 7.46. The second-order valence-corrected chi connectivity index (χ2v) is 4.93. The summed E-state index contributed by atoms with van der Waals surface area (Å²) in [6.07, 6.45) is 8.08. The molecule has 0 atom stereocenters. The maximum absolute atomic E-state index is 5.78. The quantitative estimate of drug-likeness (QED) is 0.536. The van der Waals surface area contributed by atoms with Gasteiger partial charge in [-0.15, -0.1) is 6.58 Å². The zero-order valence-electron chi connectivity index (χ0n) is 12.8. The molecule has 1 aromatic carbocycles. The largest absolute Gasteiger partial charge is 0.494 e. The van der Waals surface area contributed by atoms with Crippen LogP contribution in [0.3, 0.4) is 0 Å². The normalized spacial score (nSPS) is 11.4. The van der Waals surface area contributed by atoms with E-state index in [1.54, 1.807) is 0 Å². The summed E-state index contributed by atoms with van der Waals surface area (Å²) < 4.78 is 5.78. The monoisotopic (exact) mass is 273 g/mol. The molecule has 0 aliphatic carbocycles. The lowest BCUT2D eigenvalue weighted by atomic mass is 9.98. The molecule has 2 nitrogen and oxygen atoms in total. The summed E-state index contributed by atoms with van der Waals surface area (Å²) in [5.74, 6) is 0.958. The molecule has 0 spiro atoms. The third kappa shape index (κ3) is 5.22. The molecule has 0 saturated heterocycles. The lowest BCUT2D eigenvalue weighted by molar-refractivity contribution is 0.307. The Bertz CT molecular complexity index is 449. The van der Waals surface area contributed by atoms with E-state index in [2.05, 4.69) is 44.7 Å². The van der Waals surface area contributed by atoms with E-state index in [1.165, 1.54) is 16.7 Å². The van der Waals surface area contributed by atoms with Gasteiger partial charge in [0.05, 0.1) is 6.61 Å². The van der Waals surface area contributed by atoms with Gasteiger partial charge in [-0.2, -0.15) is 0 Å². The van der Waals surface area contributed by atoms with E-state index in [9.17, 15) is 0 Å². The van der Waals surface area contributed by atoms with E-state index in [1.807, 2.05) is 6.08 Å². The zero-order chi connectivity index (χ0) is 14.8. The number of nitrogens with two attached hydrogens (primary N) is 1. The summed E-state index contributed by atoms with van der Waals surface area (Å²) in [6.45, 7) is 9.56. The van der Waals surface area contributed by atoms with Crippen LogP contribution >= 0.6 is 0 Å². The molecule has 0 fully saturated rings.